The van der Waals surface area contributed by atoms with Crippen molar-refractivity contribution in [3.05, 3.63) is 112 Å². The van der Waals surface area contributed by atoms with Gasteiger partial charge in [-0.2, -0.15) is 0 Å². The van der Waals surface area contributed by atoms with Crippen molar-refractivity contribution >= 4 is 22.7 Å². The number of nitrogens with zero attached hydrogens (tertiary/aromatic N) is 3. The minimum atomic E-state index is -0.376. The highest BCUT2D eigenvalue weighted by Gasteiger charge is 2.37. The molecule has 0 saturated carbocycles. The van der Waals surface area contributed by atoms with E-state index in [0.29, 0.717) is 5.69 Å². The highest BCUT2D eigenvalue weighted by Crippen LogP contribution is 2.52. The lowest BCUT2D eigenvalue weighted by Gasteiger charge is -2.42. The summed E-state index contributed by atoms with van der Waals surface area (Å²) in [5, 5.41) is 11.6. The van der Waals surface area contributed by atoms with Crippen molar-refractivity contribution < 1.29 is 4.92 Å². The van der Waals surface area contributed by atoms with E-state index in [0.717, 1.165) is 28.2 Å². The molecule has 0 fully saturated rings. The second kappa shape index (κ2) is 7.06. The van der Waals surface area contributed by atoms with Gasteiger partial charge in [-0.3, -0.25) is 10.1 Å². The zero-order valence-electron chi connectivity index (χ0n) is 17.3. The standard InChI is InChI=1S/C26H21N3O2/c1-26(2)20-11-6-7-12-22(20)28(19-9-4-3-5-10-19)23-15-14-18(17-21(23)26)25-24(29(30)31)13-8-16-27-25/h3-17H,1-2H3. The molecule has 5 nitrogen and oxygen atoms in total. The molecular formula is C26H21N3O2. The monoisotopic (exact) mass is 407 g/mol. The molecular weight excluding hydrogens is 386 g/mol. The second-order valence-corrected chi connectivity index (χ2v) is 8.17. The highest BCUT2D eigenvalue weighted by molar-refractivity contribution is 5.87. The summed E-state index contributed by atoms with van der Waals surface area (Å²) in [6.45, 7) is 4.40. The Labute approximate surface area is 180 Å². The van der Waals surface area contributed by atoms with E-state index >= 15 is 0 Å². The quantitative estimate of drug-likeness (QED) is 0.278. The Bertz CT molecular complexity index is 1300. The van der Waals surface area contributed by atoms with E-state index in [9.17, 15) is 10.1 Å². The summed E-state index contributed by atoms with van der Waals surface area (Å²) in [4.78, 5) is 17.8. The van der Waals surface area contributed by atoms with Crippen LogP contribution >= 0.6 is 0 Å². The van der Waals surface area contributed by atoms with Crippen molar-refractivity contribution in [3.8, 4) is 11.3 Å². The van der Waals surface area contributed by atoms with E-state index < -0.39 is 0 Å². The minimum Gasteiger partial charge on any atom is -0.310 e. The number of benzene rings is 3. The number of pyridine rings is 1. The lowest BCUT2D eigenvalue weighted by atomic mass is 9.73. The van der Waals surface area contributed by atoms with E-state index in [2.05, 4.69) is 66.2 Å². The van der Waals surface area contributed by atoms with Crippen LogP contribution in [0.15, 0.2) is 91.1 Å². The molecule has 0 aliphatic carbocycles. The number of nitro groups is 1. The van der Waals surface area contributed by atoms with Gasteiger partial charge in [-0.25, -0.2) is 4.98 Å². The number of fused-ring (bicyclic) bond motifs is 2. The van der Waals surface area contributed by atoms with Crippen molar-refractivity contribution in [2.75, 3.05) is 4.90 Å². The maximum atomic E-state index is 11.6. The summed E-state index contributed by atoms with van der Waals surface area (Å²) in [5.41, 5.74) is 6.45. The maximum Gasteiger partial charge on any atom is 0.295 e. The normalized spacial score (nSPS) is 13.9. The summed E-state index contributed by atoms with van der Waals surface area (Å²) in [7, 11) is 0. The fraction of sp³-hybridized carbons (Fsp3) is 0.115. The molecule has 1 aliphatic heterocycles. The van der Waals surface area contributed by atoms with E-state index in [1.807, 2.05) is 30.3 Å². The molecule has 0 amide bonds. The third-order valence-electron chi connectivity index (χ3n) is 6.00. The van der Waals surface area contributed by atoms with Crippen LogP contribution in [0.3, 0.4) is 0 Å². The first-order valence-electron chi connectivity index (χ1n) is 10.2. The van der Waals surface area contributed by atoms with Crippen LogP contribution in [0.2, 0.25) is 0 Å². The van der Waals surface area contributed by atoms with Crippen molar-refractivity contribution in [2.24, 2.45) is 0 Å². The Morgan fingerprint density at radius 2 is 1.55 bits per heavy atom. The van der Waals surface area contributed by atoms with Crippen LogP contribution < -0.4 is 4.90 Å². The number of anilines is 3. The van der Waals surface area contributed by atoms with Gasteiger partial charge in [0.15, 0.2) is 0 Å². The zero-order valence-corrected chi connectivity index (χ0v) is 17.3. The number of hydrogen-bond acceptors (Lipinski definition) is 4. The van der Waals surface area contributed by atoms with E-state index in [-0.39, 0.29) is 16.0 Å². The van der Waals surface area contributed by atoms with Crippen LogP contribution in [-0.4, -0.2) is 9.91 Å². The van der Waals surface area contributed by atoms with Crippen LogP contribution in [0.4, 0.5) is 22.7 Å². The van der Waals surface area contributed by atoms with Gasteiger partial charge in [0.2, 0.25) is 0 Å². The minimum absolute atomic E-state index is 0.0105. The fourth-order valence-corrected chi connectivity index (χ4v) is 4.47. The molecule has 152 valence electrons. The molecule has 0 N–H and O–H groups in total. The Morgan fingerprint density at radius 3 is 2.32 bits per heavy atom. The van der Waals surface area contributed by atoms with E-state index in [1.165, 1.54) is 11.6 Å². The smallest absolute Gasteiger partial charge is 0.295 e. The van der Waals surface area contributed by atoms with Crippen LogP contribution in [0.1, 0.15) is 25.0 Å². The fourth-order valence-electron chi connectivity index (χ4n) is 4.47. The van der Waals surface area contributed by atoms with Crippen molar-refractivity contribution in [2.45, 2.75) is 19.3 Å². The molecule has 5 heteroatoms. The summed E-state index contributed by atoms with van der Waals surface area (Å²) in [6.07, 6.45) is 1.60. The van der Waals surface area contributed by atoms with Gasteiger partial charge in [0, 0.05) is 28.9 Å². The molecule has 0 bridgehead atoms. The molecule has 5 rings (SSSR count). The predicted molar refractivity (Wildman–Crippen MR) is 123 cm³/mol. The maximum absolute atomic E-state index is 11.6. The number of hydrogen-bond donors (Lipinski definition) is 0. The molecule has 31 heavy (non-hydrogen) atoms. The average Bonchev–Trinajstić information content (AvgIpc) is 2.80. The van der Waals surface area contributed by atoms with Gasteiger partial charge < -0.3 is 4.90 Å². The molecule has 4 aromatic rings. The first kappa shape index (κ1) is 19.0. The van der Waals surface area contributed by atoms with Crippen molar-refractivity contribution in [3.63, 3.8) is 0 Å². The lowest BCUT2D eigenvalue weighted by Crippen LogP contribution is -2.30. The molecule has 0 saturated heterocycles. The molecule has 0 radical (unpaired) electrons. The first-order chi connectivity index (χ1) is 15.0. The third-order valence-corrected chi connectivity index (χ3v) is 6.00. The zero-order chi connectivity index (χ0) is 21.6. The van der Waals surface area contributed by atoms with Gasteiger partial charge >= 0.3 is 0 Å². The van der Waals surface area contributed by atoms with E-state index in [4.69, 9.17) is 0 Å². The molecule has 2 heterocycles. The van der Waals surface area contributed by atoms with E-state index in [1.54, 1.807) is 12.3 Å². The Morgan fingerprint density at radius 1 is 0.839 bits per heavy atom. The van der Waals surface area contributed by atoms with Gasteiger partial charge in [-0.05, 0) is 47.5 Å². The largest absolute Gasteiger partial charge is 0.310 e. The van der Waals surface area contributed by atoms with Crippen LogP contribution in [0, 0.1) is 10.1 Å². The first-order valence-corrected chi connectivity index (χ1v) is 10.2. The predicted octanol–water partition coefficient (Wildman–Crippen LogP) is 6.77. The van der Waals surface area contributed by atoms with Gasteiger partial charge in [-0.1, -0.05) is 56.3 Å². The van der Waals surface area contributed by atoms with Crippen LogP contribution in [0.25, 0.3) is 11.3 Å². The van der Waals surface area contributed by atoms with Crippen molar-refractivity contribution in [1.29, 1.82) is 0 Å². The third kappa shape index (κ3) is 2.97. The van der Waals surface area contributed by atoms with Gasteiger partial charge in [0.05, 0.1) is 16.3 Å². The Kier molecular flexibility index (Phi) is 4.33. The average molecular weight is 407 g/mol. The van der Waals surface area contributed by atoms with Crippen LogP contribution in [0.5, 0.6) is 0 Å². The number of rotatable bonds is 3. The molecule has 1 aliphatic rings. The number of para-hydroxylation sites is 2. The molecule has 0 atom stereocenters. The Balaban J connectivity index is 1.77. The SMILES string of the molecule is CC1(C)c2ccccc2N(c2ccccc2)c2ccc(-c3ncccc3[N+](=O)[O-])cc21. The second-order valence-electron chi connectivity index (χ2n) is 8.17. The molecule has 0 unspecified atom stereocenters. The molecule has 1 aromatic heterocycles. The summed E-state index contributed by atoms with van der Waals surface area (Å²) in [5.74, 6) is 0. The van der Waals surface area contributed by atoms with Gasteiger partial charge in [-0.15, -0.1) is 0 Å². The van der Waals surface area contributed by atoms with Gasteiger partial charge in [0.25, 0.3) is 5.69 Å². The Hall–Kier alpha value is -3.99. The van der Waals surface area contributed by atoms with Crippen molar-refractivity contribution in [1.82, 2.24) is 4.98 Å². The summed E-state index contributed by atoms with van der Waals surface area (Å²) >= 11 is 0. The lowest BCUT2D eigenvalue weighted by molar-refractivity contribution is -0.384. The summed E-state index contributed by atoms with van der Waals surface area (Å²) < 4.78 is 0. The van der Waals surface area contributed by atoms with Gasteiger partial charge in [0.1, 0.15) is 5.69 Å². The summed E-state index contributed by atoms with van der Waals surface area (Å²) in [6, 6.07) is 27.8. The molecule has 3 aromatic carbocycles. The number of aromatic nitrogens is 1. The molecule has 0 spiro atoms. The van der Waals surface area contributed by atoms with Crippen LogP contribution in [-0.2, 0) is 5.41 Å². The highest BCUT2D eigenvalue weighted by atomic mass is 16.6. The topological polar surface area (TPSA) is 59.3 Å².